The van der Waals surface area contributed by atoms with Gasteiger partial charge in [0.25, 0.3) is 0 Å². The Hall–Kier alpha value is -2.65. The Morgan fingerprint density at radius 1 is 1.50 bits per heavy atom. The predicted octanol–water partition coefficient (Wildman–Crippen LogP) is -1.42. The second kappa shape index (κ2) is 6.50. The third kappa shape index (κ3) is 4.55. The monoisotopic (exact) mass is 284 g/mol. The summed E-state index contributed by atoms with van der Waals surface area (Å²) in [6.45, 7) is 1.81. The molecule has 0 fully saturated rings. The molecule has 0 aliphatic carbocycles. The Bertz CT molecular complexity index is 514. The lowest BCUT2D eigenvalue weighted by atomic mass is 10.2. The number of hydrogen-bond acceptors (Lipinski definition) is 5. The third-order valence-corrected chi connectivity index (χ3v) is 2.37. The lowest BCUT2D eigenvalue weighted by molar-refractivity contribution is -0.140. The van der Waals surface area contributed by atoms with Crippen LogP contribution in [0, 0.1) is 6.92 Å². The predicted molar refractivity (Wildman–Crippen MR) is 66.4 cm³/mol. The van der Waals surface area contributed by atoms with E-state index in [1.165, 1.54) is 11.9 Å². The average Bonchev–Trinajstić information content (AvgIpc) is 2.72. The van der Waals surface area contributed by atoms with E-state index in [0.29, 0.717) is 11.6 Å². The van der Waals surface area contributed by atoms with Gasteiger partial charge in [-0.3, -0.25) is 9.89 Å². The van der Waals surface area contributed by atoms with Gasteiger partial charge in [-0.15, -0.1) is 0 Å². The molecule has 0 aliphatic rings. The molecule has 1 heterocycles. The molecule has 0 saturated heterocycles. The van der Waals surface area contributed by atoms with Crippen molar-refractivity contribution in [3.05, 3.63) is 11.6 Å². The molecular weight excluding hydrogens is 268 g/mol. The number of nitrogens with one attached hydrogen (secondary N) is 2. The van der Waals surface area contributed by atoms with E-state index in [-0.39, 0.29) is 6.54 Å². The second-order valence-corrected chi connectivity index (χ2v) is 4.20. The van der Waals surface area contributed by atoms with E-state index < -0.39 is 30.4 Å². The summed E-state index contributed by atoms with van der Waals surface area (Å²) in [5, 5.41) is 17.5. The number of H-pyrrole nitrogens is 1. The molecule has 0 aromatic carbocycles. The molecule has 1 rings (SSSR count). The first kappa shape index (κ1) is 15.4. The van der Waals surface area contributed by atoms with E-state index in [1.807, 2.05) is 0 Å². The van der Waals surface area contributed by atoms with Gasteiger partial charge in [0, 0.05) is 7.05 Å². The molecule has 0 unspecified atom stereocenters. The van der Waals surface area contributed by atoms with Crippen LogP contribution in [-0.2, 0) is 16.1 Å². The van der Waals surface area contributed by atoms with Crippen LogP contribution in [0.4, 0.5) is 4.79 Å². The Morgan fingerprint density at radius 3 is 2.60 bits per heavy atom. The van der Waals surface area contributed by atoms with E-state index in [4.69, 9.17) is 10.8 Å². The van der Waals surface area contributed by atoms with Crippen molar-refractivity contribution in [2.45, 2.75) is 25.9 Å². The summed E-state index contributed by atoms with van der Waals surface area (Å²) in [4.78, 5) is 38.6. The van der Waals surface area contributed by atoms with Crippen LogP contribution < -0.4 is 11.1 Å². The van der Waals surface area contributed by atoms with Gasteiger partial charge in [0.1, 0.15) is 11.9 Å². The molecular formula is C10H16N6O4. The van der Waals surface area contributed by atoms with Gasteiger partial charge >= 0.3 is 12.0 Å². The molecule has 0 saturated carbocycles. The van der Waals surface area contributed by atoms with E-state index in [1.54, 1.807) is 6.92 Å². The second-order valence-electron chi connectivity index (χ2n) is 4.20. The van der Waals surface area contributed by atoms with Gasteiger partial charge in [-0.25, -0.2) is 14.6 Å². The van der Waals surface area contributed by atoms with Gasteiger partial charge in [0.05, 0.1) is 13.0 Å². The number of aromatic amines is 1. The zero-order chi connectivity index (χ0) is 15.3. The van der Waals surface area contributed by atoms with E-state index >= 15 is 0 Å². The molecule has 1 aromatic heterocycles. The molecule has 0 radical (unpaired) electrons. The largest absolute Gasteiger partial charge is 0.480 e. The van der Waals surface area contributed by atoms with Gasteiger partial charge in [-0.1, -0.05) is 0 Å². The number of aromatic nitrogens is 3. The van der Waals surface area contributed by atoms with Gasteiger partial charge in [-0.05, 0) is 6.92 Å². The van der Waals surface area contributed by atoms with Crippen LogP contribution in [0.15, 0.2) is 0 Å². The number of aryl methyl sites for hydroxylation is 1. The number of aliphatic carboxylic acids is 1. The van der Waals surface area contributed by atoms with Gasteiger partial charge in [-0.2, -0.15) is 5.10 Å². The zero-order valence-corrected chi connectivity index (χ0v) is 11.1. The topological polar surface area (TPSA) is 154 Å². The molecule has 1 aromatic rings. The van der Waals surface area contributed by atoms with Crippen LogP contribution in [0.5, 0.6) is 0 Å². The number of carbonyl (C=O) groups is 3. The number of urea groups is 1. The number of nitrogens with zero attached hydrogens (tertiary/aromatic N) is 3. The summed E-state index contributed by atoms with van der Waals surface area (Å²) < 4.78 is 0. The molecule has 110 valence electrons. The normalized spacial score (nSPS) is 11.7. The van der Waals surface area contributed by atoms with Crippen molar-refractivity contribution in [3.8, 4) is 0 Å². The molecule has 1 atom stereocenters. The number of hydrogen-bond donors (Lipinski definition) is 4. The van der Waals surface area contributed by atoms with Crippen LogP contribution in [0.3, 0.4) is 0 Å². The maximum absolute atomic E-state index is 11.8. The van der Waals surface area contributed by atoms with Gasteiger partial charge < -0.3 is 21.1 Å². The zero-order valence-electron chi connectivity index (χ0n) is 11.1. The molecule has 10 nitrogen and oxygen atoms in total. The first-order valence-corrected chi connectivity index (χ1v) is 5.70. The van der Waals surface area contributed by atoms with E-state index in [2.05, 4.69) is 20.5 Å². The molecule has 10 heteroatoms. The van der Waals surface area contributed by atoms with Crippen molar-refractivity contribution in [1.82, 2.24) is 25.4 Å². The fourth-order valence-electron chi connectivity index (χ4n) is 1.40. The Kier molecular flexibility index (Phi) is 5.01. The van der Waals surface area contributed by atoms with Crippen LogP contribution >= 0.6 is 0 Å². The number of primary amides is 1. The quantitative estimate of drug-likeness (QED) is 0.502. The Balaban J connectivity index is 2.59. The highest BCUT2D eigenvalue weighted by Crippen LogP contribution is 1.99. The number of amides is 3. The number of carbonyl (C=O) groups excluding carboxylic acids is 2. The number of carboxylic acid groups (broad SMARTS) is 1. The van der Waals surface area contributed by atoms with Crippen molar-refractivity contribution >= 4 is 17.9 Å². The van der Waals surface area contributed by atoms with E-state index in [0.717, 1.165) is 0 Å². The first-order chi connectivity index (χ1) is 9.29. The lowest BCUT2D eigenvalue weighted by Crippen LogP contribution is -2.48. The van der Waals surface area contributed by atoms with Crippen LogP contribution in [-0.4, -0.2) is 56.2 Å². The van der Waals surface area contributed by atoms with Crippen molar-refractivity contribution in [2.24, 2.45) is 5.73 Å². The maximum Gasteiger partial charge on any atom is 0.326 e. The Labute approximate surface area is 114 Å². The average molecular weight is 284 g/mol. The summed E-state index contributed by atoms with van der Waals surface area (Å²) >= 11 is 0. The fraction of sp³-hybridized carbons (Fsp3) is 0.500. The summed E-state index contributed by atoms with van der Waals surface area (Å²) in [6, 6.07) is -2.03. The lowest BCUT2D eigenvalue weighted by Gasteiger charge is -2.19. The molecule has 20 heavy (non-hydrogen) atoms. The minimum atomic E-state index is -1.36. The van der Waals surface area contributed by atoms with Crippen molar-refractivity contribution in [3.63, 3.8) is 0 Å². The molecule has 0 aliphatic heterocycles. The van der Waals surface area contributed by atoms with Crippen LogP contribution in [0.2, 0.25) is 0 Å². The maximum atomic E-state index is 11.8. The molecule has 0 bridgehead atoms. The SMILES string of the molecule is Cc1nc(CN(C)C(=O)N[C@H](CC(N)=O)C(=O)O)n[nH]1. The molecule has 5 N–H and O–H groups in total. The number of nitrogens with two attached hydrogens (primary N) is 1. The summed E-state index contributed by atoms with van der Waals surface area (Å²) in [6.07, 6.45) is -0.478. The highest BCUT2D eigenvalue weighted by Gasteiger charge is 2.24. The van der Waals surface area contributed by atoms with Crippen molar-refractivity contribution < 1.29 is 19.5 Å². The minimum absolute atomic E-state index is 0.0963. The fourth-order valence-corrected chi connectivity index (χ4v) is 1.40. The summed E-state index contributed by atoms with van der Waals surface area (Å²) in [7, 11) is 1.45. The van der Waals surface area contributed by atoms with Crippen LogP contribution in [0.1, 0.15) is 18.1 Å². The van der Waals surface area contributed by atoms with E-state index in [9.17, 15) is 14.4 Å². The third-order valence-electron chi connectivity index (χ3n) is 2.37. The first-order valence-electron chi connectivity index (χ1n) is 5.70. The highest BCUT2D eigenvalue weighted by molar-refractivity contribution is 5.87. The summed E-state index contributed by atoms with van der Waals surface area (Å²) in [5.74, 6) is -1.16. The van der Waals surface area contributed by atoms with Gasteiger partial charge in [0.2, 0.25) is 5.91 Å². The van der Waals surface area contributed by atoms with Crippen LogP contribution in [0.25, 0.3) is 0 Å². The molecule has 3 amide bonds. The smallest absolute Gasteiger partial charge is 0.326 e. The van der Waals surface area contributed by atoms with Gasteiger partial charge in [0.15, 0.2) is 5.82 Å². The highest BCUT2D eigenvalue weighted by atomic mass is 16.4. The van der Waals surface area contributed by atoms with Crippen molar-refractivity contribution in [1.29, 1.82) is 0 Å². The number of carboxylic acids is 1. The Morgan fingerprint density at radius 2 is 2.15 bits per heavy atom. The van der Waals surface area contributed by atoms with Crippen molar-refractivity contribution in [2.75, 3.05) is 7.05 Å². The molecule has 0 spiro atoms. The summed E-state index contributed by atoms with van der Waals surface area (Å²) in [5.41, 5.74) is 4.92. The minimum Gasteiger partial charge on any atom is -0.480 e. The number of rotatable bonds is 6. The standard InChI is InChI=1S/C10H16N6O4/c1-5-12-8(15-14-5)4-16(2)10(20)13-6(9(18)19)3-7(11)17/h6H,3-4H2,1-2H3,(H2,11,17)(H,13,20)(H,18,19)(H,12,14,15)/t6-/m1/s1.